The monoisotopic (exact) mass is 449 g/mol. The Labute approximate surface area is 196 Å². The van der Waals surface area contributed by atoms with Crippen LogP contribution in [0.1, 0.15) is 45.3 Å². The lowest BCUT2D eigenvalue weighted by Gasteiger charge is -2.16. The molecule has 2 heterocycles. The molecule has 0 saturated carbocycles. The highest BCUT2D eigenvalue weighted by molar-refractivity contribution is 5.94. The van der Waals surface area contributed by atoms with E-state index in [9.17, 15) is 9.59 Å². The second-order valence-corrected chi connectivity index (χ2v) is 8.15. The SMILES string of the molecule is CC(=O)c1ccc(-c2ccc(C(=O)N[C@H](Cc3ccccc3)c3nc4ccccc4[nH]3)o2)cc1. The van der Waals surface area contributed by atoms with E-state index in [4.69, 9.17) is 9.40 Å². The highest BCUT2D eigenvalue weighted by Gasteiger charge is 2.22. The summed E-state index contributed by atoms with van der Waals surface area (Å²) in [5.74, 6) is 1.13. The Morgan fingerprint density at radius 2 is 1.65 bits per heavy atom. The van der Waals surface area contributed by atoms with Gasteiger partial charge in [-0.15, -0.1) is 0 Å². The van der Waals surface area contributed by atoms with E-state index < -0.39 is 0 Å². The third-order valence-electron chi connectivity index (χ3n) is 5.73. The van der Waals surface area contributed by atoms with E-state index in [2.05, 4.69) is 10.3 Å². The van der Waals surface area contributed by atoms with Crippen molar-refractivity contribution in [1.29, 1.82) is 0 Å². The summed E-state index contributed by atoms with van der Waals surface area (Å²) in [6, 6.07) is 27.9. The average molecular weight is 450 g/mol. The minimum absolute atomic E-state index is 0.00102. The van der Waals surface area contributed by atoms with Gasteiger partial charge in [-0.1, -0.05) is 66.7 Å². The summed E-state index contributed by atoms with van der Waals surface area (Å²) in [4.78, 5) is 32.7. The van der Waals surface area contributed by atoms with Crippen molar-refractivity contribution < 1.29 is 14.0 Å². The van der Waals surface area contributed by atoms with Crippen LogP contribution in [0.2, 0.25) is 0 Å². The van der Waals surface area contributed by atoms with Gasteiger partial charge in [-0.3, -0.25) is 9.59 Å². The van der Waals surface area contributed by atoms with Crippen molar-refractivity contribution in [3.05, 3.63) is 114 Å². The molecule has 2 aromatic heterocycles. The van der Waals surface area contributed by atoms with E-state index in [0.717, 1.165) is 22.2 Å². The first-order valence-electron chi connectivity index (χ1n) is 11.1. The van der Waals surface area contributed by atoms with Gasteiger partial charge < -0.3 is 14.7 Å². The van der Waals surface area contributed by atoms with Crippen molar-refractivity contribution >= 4 is 22.7 Å². The topological polar surface area (TPSA) is 88.0 Å². The number of amides is 1. The molecule has 0 saturated heterocycles. The molecule has 0 aliphatic carbocycles. The average Bonchev–Trinajstić information content (AvgIpc) is 3.52. The van der Waals surface area contributed by atoms with Crippen LogP contribution in [0.4, 0.5) is 0 Å². The lowest BCUT2D eigenvalue weighted by molar-refractivity contribution is 0.0907. The number of Topliss-reactive ketones (excluding diaryl/α,β-unsaturated/α-hetero) is 1. The smallest absolute Gasteiger partial charge is 0.287 e. The molecular weight excluding hydrogens is 426 g/mol. The first kappa shape index (κ1) is 21.4. The van der Waals surface area contributed by atoms with Crippen molar-refractivity contribution in [1.82, 2.24) is 15.3 Å². The number of carbonyl (C=O) groups is 2. The van der Waals surface area contributed by atoms with Gasteiger partial charge in [0.2, 0.25) is 0 Å². The molecule has 2 N–H and O–H groups in total. The molecule has 34 heavy (non-hydrogen) atoms. The van der Waals surface area contributed by atoms with Gasteiger partial charge in [-0.25, -0.2) is 4.98 Å². The van der Waals surface area contributed by atoms with Crippen LogP contribution in [0.25, 0.3) is 22.4 Å². The fourth-order valence-electron chi connectivity index (χ4n) is 3.92. The Morgan fingerprint density at radius 1 is 0.912 bits per heavy atom. The quantitative estimate of drug-likeness (QED) is 0.310. The number of imidazole rings is 1. The number of hydrogen-bond acceptors (Lipinski definition) is 4. The number of aromatic amines is 1. The zero-order valence-corrected chi connectivity index (χ0v) is 18.6. The Balaban J connectivity index is 1.39. The zero-order valence-electron chi connectivity index (χ0n) is 18.6. The predicted molar refractivity (Wildman–Crippen MR) is 131 cm³/mol. The number of furan rings is 1. The largest absolute Gasteiger partial charge is 0.451 e. The van der Waals surface area contributed by atoms with Gasteiger partial charge in [0, 0.05) is 11.1 Å². The standard InChI is InChI=1S/C28H23N3O3/c1-18(32)20-11-13-21(14-12-20)25-15-16-26(34-25)28(33)31-24(17-19-7-3-2-4-8-19)27-29-22-9-5-6-10-23(22)30-27/h2-16,24H,17H2,1H3,(H,29,30)(H,31,33)/t24-/m1/s1. The molecule has 1 atom stereocenters. The molecule has 0 aliphatic heterocycles. The number of benzene rings is 3. The molecule has 168 valence electrons. The molecule has 5 aromatic rings. The molecule has 0 fully saturated rings. The summed E-state index contributed by atoms with van der Waals surface area (Å²) in [6.07, 6.45) is 0.576. The number of hydrogen-bond donors (Lipinski definition) is 2. The van der Waals surface area contributed by atoms with Crippen molar-refractivity contribution in [2.75, 3.05) is 0 Å². The van der Waals surface area contributed by atoms with Gasteiger partial charge in [0.15, 0.2) is 11.5 Å². The third-order valence-corrected chi connectivity index (χ3v) is 5.73. The summed E-state index contributed by atoms with van der Waals surface area (Å²) in [5, 5.41) is 3.08. The van der Waals surface area contributed by atoms with Crippen LogP contribution >= 0.6 is 0 Å². The van der Waals surface area contributed by atoms with Crippen LogP contribution in [0.15, 0.2) is 95.4 Å². The normalized spacial score (nSPS) is 11.9. The van der Waals surface area contributed by atoms with Crippen LogP contribution in [0.5, 0.6) is 0 Å². The van der Waals surface area contributed by atoms with E-state index in [1.54, 1.807) is 24.3 Å². The van der Waals surface area contributed by atoms with Crippen molar-refractivity contribution in [2.24, 2.45) is 0 Å². The van der Waals surface area contributed by atoms with E-state index in [1.165, 1.54) is 6.92 Å². The number of nitrogens with one attached hydrogen (secondary N) is 2. The van der Waals surface area contributed by atoms with Gasteiger partial charge in [-0.05, 0) is 43.2 Å². The minimum atomic E-state index is -0.370. The van der Waals surface area contributed by atoms with E-state index in [0.29, 0.717) is 23.6 Å². The highest BCUT2D eigenvalue weighted by atomic mass is 16.3. The number of fused-ring (bicyclic) bond motifs is 1. The number of carbonyl (C=O) groups excluding carboxylic acids is 2. The Morgan fingerprint density at radius 3 is 2.38 bits per heavy atom. The first-order valence-corrected chi connectivity index (χ1v) is 11.1. The van der Waals surface area contributed by atoms with E-state index in [-0.39, 0.29) is 23.5 Å². The van der Waals surface area contributed by atoms with Crippen LogP contribution in [-0.2, 0) is 6.42 Å². The molecular formula is C28H23N3O3. The maximum atomic E-state index is 13.1. The molecule has 0 aliphatic rings. The number of aromatic nitrogens is 2. The summed E-state index contributed by atoms with van der Waals surface area (Å²) in [6.45, 7) is 1.53. The maximum absolute atomic E-state index is 13.1. The molecule has 0 bridgehead atoms. The van der Waals surface area contributed by atoms with Crippen molar-refractivity contribution in [3.8, 4) is 11.3 Å². The molecule has 0 unspecified atom stereocenters. The summed E-state index contributed by atoms with van der Waals surface area (Å²) in [5.41, 5.74) is 4.27. The number of para-hydroxylation sites is 2. The fraction of sp³-hybridized carbons (Fsp3) is 0.107. The minimum Gasteiger partial charge on any atom is -0.451 e. The lowest BCUT2D eigenvalue weighted by atomic mass is 10.1. The van der Waals surface area contributed by atoms with Gasteiger partial charge in [-0.2, -0.15) is 0 Å². The fourth-order valence-corrected chi connectivity index (χ4v) is 3.92. The van der Waals surface area contributed by atoms with E-state index >= 15 is 0 Å². The lowest BCUT2D eigenvalue weighted by Crippen LogP contribution is -2.30. The number of ketones is 1. The Hall–Kier alpha value is -4.45. The van der Waals surface area contributed by atoms with Crippen molar-refractivity contribution in [2.45, 2.75) is 19.4 Å². The van der Waals surface area contributed by atoms with Gasteiger partial charge >= 0.3 is 0 Å². The summed E-state index contributed by atoms with van der Waals surface area (Å²) >= 11 is 0. The second-order valence-electron chi connectivity index (χ2n) is 8.15. The van der Waals surface area contributed by atoms with Gasteiger partial charge in [0.1, 0.15) is 11.6 Å². The van der Waals surface area contributed by atoms with Gasteiger partial charge in [0.25, 0.3) is 5.91 Å². The first-order chi connectivity index (χ1) is 16.6. The molecule has 0 radical (unpaired) electrons. The van der Waals surface area contributed by atoms with Crippen LogP contribution in [0.3, 0.4) is 0 Å². The third kappa shape index (κ3) is 4.52. The van der Waals surface area contributed by atoms with Crippen LogP contribution < -0.4 is 5.32 Å². The second kappa shape index (κ2) is 9.19. The highest BCUT2D eigenvalue weighted by Crippen LogP contribution is 2.24. The summed E-state index contributed by atoms with van der Waals surface area (Å²) < 4.78 is 5.85. The Kier molecular flexibility index (Phi) is 5.79. The molecule has 1 amide bonds. The van der Waals surface area contributed by atoms with E-state index in [1.807, 2.05) is 66.7 Å². The number of nitrogens with zero attached hydrogens (tertiary/aromatic N) is 1. The molecule has 3 aromatic carbocycles. The van der Waals surface area contributed by atoms with Crippen LogP contribution in [0, 0.1) is 0 Å². The predicted octanol–water partition coefficient (Wildman–Crippen LogP) is 5.74. The van der Waals surface area contributed by atoms with Crippen molar-refractivity contribution in [3.63, 3.8) is 0 Å². The van der Waals surface area contributed by atoms with Crippen LogP contribution in [-0.4, -0.2) is 21.7 Å². The maximum Gasteiger partial charge on any atom is 0.287 e. The molecule has 6 nitrogen and oxygen atoms in total. The Bertz CT molecular complexity index is 1420. The summed E-state index contributed by atoms with van der Waals surface area (Å²) in [7, 11) is 0. The number of H-pyrrole nitrogens is 1. The molecule has 6 heteroatoms. The number of rotatable bonds is 7. The molecule has 0 spiro atoms. The molecule has 5 rings (SSSR count). The van der Waals surface area contributed by atoms with Gasteiger partial charge in [0.05, 0.1) is 17.1 Å². The zero-order chi connectivity index (χ0) is 23.5.